The maximum absolute atomic E-state index is 9.21. The number of anilines is 1. The van der Waals surface area contributed by atoms with E-state index in [2.05, 4.69) is 21.1 Å². The van der Waals surface area contributed by atoms with Crippen LogP contribution in [0.2, 0.25) is 0 Å². The number of rotatable bonds is 4. The highest BCUT2D eigenvalue weighted by Crippen LogP contribution is 2.27. The minimum atomic E-state index is 0.243. The van der Waals surface area contributed by atoms with Gasteiger partial charge >= 0.3 is 0 Å². The first-order valence-electron chi connectivity index (χ1n) is 7.86. The van der Waals surface area contributed by atoms with E-state index in [9.17, 15) is 5.26 Å². The average Bonchev–Trinajstić information content (AvgIpc) is 2.91. The Labute approximate surface area is 155 Å². The summed E-state index contributed by atoms with van der Waals surface area (Å²) in [6, 6.07) is 9.55. The zero-order valence-electron chi connectivity index (χ0n) is 14.9. The van der Waals surface area contributed by atoms with Gasteiger partial charge in [0.15, 0.2) is 11.0 Å². The van der Waals surface area contributed by atoms with Gasteiger partial charge in [-0.1, -0.05) is 17.8 Å². The molecule has 0 atom stereocenters. The number of nitrogens with two attached hydrogens (primary N) is 1. The highest BCUT2D eigenvalue weighted by atomic mass is 32.2. The largest absolute Gasteiger partial charge is 0.439 e. The van der Waals surface area contributed by atoms with Gasteiger partial charge in [0.1, 0.15) is 23.2 Å². The molecule has 26 heavy (non-hydrogen) atoms. The number of hydrogen-bond acceptors (Lipinski definition) is 7. The lowest BCUT2D eigenvalue weighted by molar-refractivity contribution is 0.454. The fourth-order valence-electron chi connectivity index (χ4n) is 2.40. The van der Waals surface area contributed by atoms with Crippen LogP contribution in [0.15, 0.2) is 29.4 Å². The number of nitriles is 1. The van der Waals surface area contributed by atoms with E-state index in [0.717, 1.165) is 5.56 Å². The third-order valence-corrected chi connectivity index (χ3v) is 4.52. The Balaban J connectivity index is 2.04. The maximum atomic E-state index is 9.21. The van der Waals surface area contributed by atoms with Crippen molar-refractivity contribution >= 4 is 17.6 Å². The highest BCUT2D eigenvalue weighted by molar-refractivity contribution is 7.98. The lowest BCUT2D eigenvalue weighted by atomic mass is 10.1. The lowest BCUT2D eigenvalue weighted by Gasteiger charge is -2.10. The molecule has 0 aliphatic rings. The Bertz CT molecular complexity index is 1020. The topological polar surface area (TPSA) is 103 Å². The molecule has 0 amide bonds. The molecule has 7 nitrogen and oxygen atoms in total. The molecule has 0 bridgehead atoms. The normalized spacial score (nSPS) is 10.6. The minimum Gasteiger partial charge on any atom is -0.439 e. The van der Waals surface area contributed by atoms with E-state index in [1.807, 2.05) is 38.3 Å². The third-order valence-electron chi connectivity index (χ3n) is 3.98. The molecule has 0 saturated carbocycles. The minimum absolute atomic E-state index is 0.243. The number of aromatic nitrogens is 4. The molecule has 0 fully saturated rings. The number of ether oxygens (including phenoxy) is 1. The smallest absolute Gasteiger partial charge is 0.225 e. The standard InChI is InChI=1S/C18H18N6OS/c1-10-5-6-13(7-11(10)2)25-16-8-15(21-18(22-16)26-4)24-17(20)14(9-19)12(3)23-24/h5-8H,20H2,1-4H3. The van der Waals surface area contributed by atoms with E-state index in [0.29, 0.717) is 33.9 Å². The summed E-state index contributed by atoms with van der Waals surface area (Å²) in [5.41, 5.74) is 9.25. The van der Waals surface area contributed by atoms with Crippen LogP contribution >= 0.6 is 11.8 Å². The Hall–Kier alpha value is -3.05. The summed E-state index contributed by atoms with van der Waals surface area (Å²) >= 11 is 1.38. The number of nitrogen functional groups attached to an aromatic ring is 1. The summed E-state index contributed by atoms with van der Waals surface area (Å²) in [5.74, 6) is 1.76. The monoisotopic (exact) mass is 366 g/mol. The number of nitrogens with zero attached hydrogens (tertiary/aromatic N) is 5. The predicted octanol–water partition coefficient (Wildman–Crippen LogP) is 3.56. The number of hydrogen-bond donors (Lipinski definition) is 1. The fraction of sp³-hybridized carbons (Fsp3) is 0.222. The molecule has 0 spiro atoms. The van der Waals surface area contributed by atoms with E-state index in [4.69, 9.17) is 10.5 Å². The second kappa shape index (κ2) is 7.06. The predicted molar refractivity (Wildman–Crippen MR) is 101 cm³/mol. The van der Waals surface area contributed by atoms with Crippen molar-refractivity contribution in [2.24, 2.45) is 0 Å². The third kappa shape index (κ3) is 3.34. The molecule has 0 radical (unpaired) electrons. The number of aryl methyl sites for hydroxylation is 3. The summed E-state index contributed by atoms with van der Waals surface area (Å²) in [6.45, 7) is 5.80. The average molecular weight is 366 g/mol. The van der Waals surface area contributed by atoms with Crippen molar-refractivity contribution in [2.75, 3.05) is 12.0 Å². The summed E-state index contributed by atoms with van der Waals surface area (Å²) in [7, 11) is 0. The van der Waals surface area contributed by atoms with E-state index < -0.39 is 0 Å². The van der Waals surface area contributed by atoms with E-state index in [1.165, 1.54) is 22.0 Å². The Morgan fingerprint density at radius 2 is 1.92 bits per heavy atom. The molecular formula is C18H18N6OS. The molecule has 0 aliphatic heterocycles. The molecule has 0 unspecified atom stereocenters. The second-order valence-electron chi connectivity index (χ2n) is 5.77. The maximum Gasteiger partial charge on any atom is 0.225 e. The van der Waals surface area contributed by atoms with Gasteiger partial charge in [-0.25, -0.2) is 4.98 Å². The van der Waals surface area contributed by atoms with Gasteiger partial charge in [-0.05, 0) is 50.3 Å². The Morgan fingerprint density at radius 3 is 2.54 bits per heavy atom. The van der Waals surface area contributed by atoms with Crippen LogP contribution in [0.4, 0.5) is 5.82 Å². The van der Waals surface area contributed by atoms with Crippen molar-refractivity contribution in [3.05, 3.63) is 46.6 Å². The van der Waals surface area contributed by atoms with E-state index >= 15 is 0 Å². The molecule has 132 valence electrons. The zero-order chi connectivity index (χ0) is 18.8. The van der Waals surface area contributed by atoms with E-state index in [1.54, 1.807) is 13.0 Å². The summed E-state index contributed by atoms with van der Waals surface area (Å²) < 4.78 is 7.34. The second-order valence-corrected chi connectivity index (χ2v) is 6.54. The molecule has 0 aliphatic carbocycles. The molecule has 3 aromatic rings. The van der Waals surface area contributed by atoms with E-state index in [-0.39, 0.29) is 5.82 Å². The first-order valence-corrected chi connectivity index (χ1v) is 9.09. The number of thioether (sulfide) groups is 1. The van der Waals surface area contributed by atoms with Crippen molar-refractivity contribution in [3.63, 3.8) is 0 Å². The molecule has 1 aromatic carbocycles. The molecular weight excluding hydrogens is 348 g/mol. The molecule has 2 aromatic heterocycles. The molecule has 8 heteroatoms. The first kappa shape index (κ1) is 17.8. The van der Waals surface area contributed by atoms with Crippen LogP contribution in [0.1, 0.15) is 22.4 Å². The summed E-state index contributed by atoms with van der Waals surface area (Å²) in [5, 5.41) is 14.0. The van der Waals surface area contributed by atoms with Crippen molar-refractivity contribution in [2.45, 2.75) is 25.9 Å². The van der Waals surface area contributed by atoms with Crippen LogP contribution in [-0.2, 0) is 0 Å². The van der Waals surface area contributed by atoms with Gasteiger partial charge in [0.25, 0.3) is 0 Å². The van der Waals surface area contributed by atoms with Gasteiger partial charge in [0.05, 0.1) is 5.69 Å². The van der Waals surface area contributed by atoms with Crippen LogP contribution in [0.3, 0.4) is 0 Å². The Morgan fingerprint density at radius 1 is 1.15 bits per heavy atom. The molecule has 0 saturated heterocycles. The van der Waals surface area contributed by atoms with Gasteiger partial charge in [-0.15, -0.1) is 0 Å². The van der Waals surface area contributed by atoms with Gasteiger partial charge in [0, 0.05) is 6.07 Å². The highest BCUT2D eigenvalue weighted by Gasteiger charge is 2.16. The van der Waals surface area contributed by atoms with Gasteiger partial charge < -0.3 is 10.5 Å². The van der Waals surface area contributed by atoms with Crippen LogP contribution in [0.5, 0.6) is 11.6 Å². The van der Waals surface area contributed by atoms with Crippen molar-refractivity contribution < 1.29 is 4.74 Å². The van der Waals surface area contributed by atoms with Crippen molar-refractivity contribution in [1.29, 1.82) is 5.26 Å². The molecule has 2 N–H and O–H groups in total. The van der Waals surface area contributed by atoms with Crippen molar-refractivity contribution in [3.8, 4) is 23.5 Å². The number of benzene rings is 1. The van der Waals surface area contributed by atoms with Gasteiger partial charge in [0.2, 0.25) is 5.88 Å². The van der Waals surface area contributed by atoms with Crippen LogP contribution in [0.25, 0.3) is 5.82 Å². The van der Waals surface area contributed by atoms with Crippen LogP contribution in [0, 0.1) is 32.1 Å². The molecule has 3 rings (SSSR count). The van der Waals surface area contributed by atoms with Gasteiger partial charge in [-0.3, -0.25) is 0 Å². The van der Waals surface area contributed by atoms with Crippen LogP contribution < -0.4 is 10.5 Å². The SMILES string of the molecule is CSc1nc(Oc2ccc(C)c(C)c2)cc(-n2nc(C)c(C#N)c2N)n1. The lowest BCUT2D eigenvalue weighted by Crippen LogP contribution is -2.06. The first-order chi connectivity index (χ1) is 12.4. The quantitative estimate of drug-likeness (QED) is 0.556. The summed E-state index contributed by atoms with van der Waals surface area (Å²) in [6.07, 6.45) is 1.87. The van der Waals surface area contributed by atoms with Gasteiger partial charge in [-0.2, -0.15) is 20.0 Å². The summed E-state index contributed by atoms with van der Waals surface area (Å²) in [4.78, 5) is 8.81. The van der Waals surface area contributed by atoms with Crippen molar-refractivity contribution in [1.82, 2.24) is 19.7 Å². The zero-order valence-corrected chi connectivity index (χ0v) is 15.8. The Kier molecular flexibility index (Phi) is 4.82. The molecule has 2 heterocycles. The van der Waals surface area contributed by atoms with Crippen LogP contribution in [-0.4, -0.2) is 26.0 Å². The fourth-order valence-corrected chi connectivity index (χ4v) is 2.77.